The number of piperidine rings is 1. The SMILES string of the molecule is CC1CCCNC1C(=O)N(C)Cc1cc(Br)cs1. The summed E-state index contributed by atoms with van der Waals surface area (Å²) in [5.41, 5.74) is 0. The van der Waals surface area contributed by atoms with Crippen LogP contribution in [0.1, 0.15) is 24.6 Å². The molecule has 2 heterocycles. The quantitative estimate of drug-likeness (QED) is 0.924. The lowest BCUT2D eigenvalue weighted by atomic mass is 9.92. The van der Waals surface area contributed by atoms with Crippen LogP contribution < -0.4 is 5.32 Å². The van der Waals surface area contributed by atoms with Crippen LogP contribution >= 0.6 is 27.3 Å². The lowest BCUT2D eigenvalue weighted by molar-refractivity contribution is -0.134. The summed E-state index contributed by atoms with van der Waals surface area (Å²) in [6.45, 7) is 3.81. The van der Waals surface area contributed by atoms with Crippen LogP contribution in [0.15, 0.2) is 15.9 Å². The molecule has 1 aliphatic heterocycles. The Bertz CT molecular complexity index is 421. The number of nitrogens with zero attached hydrogens (tertiary/aromatic N) is 1. The molecule has 1 aromatic rings. The standard InChI is InChI=1S/C13H19BrN2OS/c1-9-4-3-5-15-12(9)13(17)16(2)7-11-6-10(14)8-18-11/h6,8-9,12,15H,3-5,7H2,1-2H3. The van der Waals surface area contributed by atoms with E-state index < -0.39 is 0 Å². The van der Waals surface area contributed by atoms with Crippen molar-refractivity contribution in [3.05, 3.63) is 20.8 Å². The van der Waals surface area contributed by atoms with Crippen LogP contribution in [0, 0.1) is 5.92 Å². The van der Waals surface area contributed by atoms with Crippen LogP contribution in [0.3, 0.4) is 0 Å². The minimum Gasteiger partial charge on any atom is -0.339 e. The summed E-state index contributed by atoms with van der Waals surface area (Å²) < 4.78 is 1.09. The zero-order valence-corrected chi connectivity index (χ0v) is 13.2. The fraction of sp³-hybridized carbons (Fsp3) is 0.615. The molecule has 0 radical (unpaired) electrons. The highest BCUT2D eigenvalue weighted by Crippen LogP contribution is 2.22. The summed E-state index contributed by atoms with van der Waals surface area (Å²) in [4.78, 5) is 15.4. The highest BCUT2D eigenvalue weighted by atomic mass is 79.9. The monoisotopic (exact) mass is 330 g/mol. The van der Waals surface area contributed by atoms with Crippen LogP contribution in [-0.2, 0) is 11.3 Å². The van der Waals surface area contributed by atoms with Gasteiger partial charge in [0.15, 0.2) is 0 Å². The lowest BCUT2D eigenvalue weighted by Gasteiger charge is -2.32. The third-order valence-corrected chi connectivity index (χ3v) is 5.11. The van der Waals surface area contributed by atoms with E-state index in [1.165, 1.54) is 11.3 Å². The Hall–Kier alpha value is -0.390. The fourth-order valence-electron chi connectivity index (χ4n) is 2.37. The van der Waals surface area contributed by atoms with Crippen LogP contribution in [0.4, 0.5) is 0 Å². The number of carbonyl (C=O) groups excluding carboxylic acids is 1. The number of likely N-dealkylation sites (N-methyl/N-ethyl adjacent to an activating group) is 1. The van der Waals surface area contributed by atoms with Crippen molar-refractivity contribution in [1.82, 2.24) is 10.2 Å². The first-order chi connectivity index (χ1) is 8.58. The average Bonchev–Trinajstić information content (AvgIpc) is 2.74. The Morgan fingerprint density at radius 2 is 2.44 bits per heavy atom. The molecule has 5 heteroatoms. The summed E-state index contributed by atoms with van der Waals surface area (Å²) in [5.74, 6) is 0.649. The zero-order chi connectivity index (χ0) is 13.1. The van der Waals surface area contributed by atoms with Crippen molar-refractivity contribution in [2.24, 2.45) is 5.92 Å². The molecular weight excluding hydrogens is 312 g/mol. The van der Waals surface area contributed by atoms with Gasteiger partial charge in [0.05, 0.1) is 12.6 Å². The van der Waals surface area contributed by atoms with Gasteiger partial charge in [-0.25, -0.2) is 0 Å². The van der Waals surface area contributed by atoms with E-state index in [0.717, 1.165) is 17.4 Å². The number of halogens is 1. The second kappa shape index (κ2) is 6.17. The topological polar surface area (TPSA) is 32.3 Å². The Morgan fingerprint density at radius 3 is 3.06 bits per heavy atom. The van der Waals surface area contributed by atoms with Gasteiger partial charge in [0.25, 0.3) is 0 Å². The number of nitrogens with one attached hydrogen (secondary N) is 1. The van der Waals surface area contributed by atoms with Gasteiger partial charge in [-0.2, -0.15) is 0 Å². The van der Waals surface area contributed by atoms with E-state index >= 15 is 0 Å². The molecule has 0 aromatic carbocycles. The van der Waals surface area contributed by atoms with E-state index in [9.17, 15) is 4.79 Å². The third kappa shape index (κ3) is 3.33. The van der Waals surface area contributed by atoms with Gasteiger partial charge in [-0.05, 0) is 47.3 Å². The number of hydrogen-bond donors (Lipinski definition) is 1. The number of amides is 1. The molecule has 1 saturated heterocycles. The largest absolute Gasteiger partial charge is 0.339 e. The van der Waals surface area contributed by atoms with Crippen molar-refractivity contribution in [3.8, 4) is 0 Å². The molecule has 1 amide bonds. The molecule has 1 N–H and O–H groups in total. The molecule has 100 valence electrons. The molecule has 2 rings (SSSR count). The number of carbonyl (C=O) groups is 1. The maximum atomic E-state index is 12.4. The normalized spacial score (nSPS) is 23.9. The molecule has 18 heavy (non-hydrogen) atoms. The Morgan fingerprint density at radius 1 is 1.67 bits per heavy atom. The van der Waals surface area contributed by atoms with Crippen LogP contribution in [0.2, 0.25) is 0 Å². The highest BCUT2D eigenvalue weighted by Gasteiger charge is 2.29. The second-order valence-electron chi connectivity index (χ2n) is 4.98. The van der Waals surface area contributed by atoms with Crippen LogP contribution in [0.25, 0.3) is 0 Å². The fourth-order valence-corrected chi connectivity index (χ4v) is 3.87. The molecule has 2 atom stereocenters. The molecule has 0 bridgehead atoms. The Labute approximate surface area is 121 Å². The molecule has 3 nitrogen and oxygen atoms in total. The van der Waals surface area contributed by atoms with Crippen LogP contribution in [0.5, 0.6) is 0 Å². The summed E-state index contributed by atoms with van der Waals surface area (Å²) in [5, 5.41) is 5.39. The summed E-state index contributed by atoms with van der Waals surface area (Å²) in [6.07, 6.45) is 2.31. The van der Waals surface area contributed by atoms with E-state index in [1.807, 2.05) is 11.9 Å². The second-order valence-corrected chi connectivity index (χ2v) is 6.89. The van der Waals surface area contributed by atoms with Crippen molar-refractivity contribution in [2.45, 2.75) is 32.4 Å². The first-order valence-corrected chi connectivity index (χ1v) is 7.96. The first kappa shape index (κ1) is 14.0. The molecule has 0 aliphatic carbocycles. The molecule has 2 unspecified atom stereocenters. The van der Waals surface area contributed by atoms with E-state index in [0.29, 0.717) is 12.5 Å². The summed E-state index contributed by atoms with van der Waals surface area (Å²) in [7, 11) is 1.89. The molecule has 1 aliphatic rings. The van der Waals surface area contributed by atoms with Crippen molar-refractivity contribution in [3.63, 3.8) is 0 Å². The number of rotatable bonds is 3. The van der Waals surface area contributed by atoms with E-state index in [1.54, 1.807) is 11.3 Å². The van der Waals surface area contributed by atoms with Gasteiger partial charge < -0.3 is 10.2 Å². The van der Waals surface area contributed by atoms with Crippen molar-refractivity contribution < 1.29 is 4.79 Å². The molecule has 0 saturated carbocycles. The predicted octanol–water partition coefficient (Wildman–Crippen LogP) is 2.86. The van der Waals surface area contributed by atoms with E-state index in [4.69, 9.17) is 0 Å². The number of hydrogen-bond acceptors (Lipinski definition) is 3. The Kier molecular flexibility index (Phi) is 4.81. The summed E-state index contributed by atoms with van der Waals surface area (Å²) >= 11 is 5.12. The van der Waals surface area contributed by atoms with Crippen molar-refractivity contribution in [2.75, 3.05) is 13.6 Å². The van der Waals surface area contributed by atoms with Gasteiger partial charge in [0.2, 0.25) is 5.91 Å². The van der Waals surface area contributed by atoms with Gasteiger partial charge in [-0.15, -0.1) is 11.3 Å². The predicted molar refractivity (Wildman–Crippen MR) is 78.7 cm³/mol. The minimum atomic E-state index is -0.00727. The van der Waals surface area contributed by atoms with Crippen molar-refractivity contribution in [1.29, 1.82) is 0 Å². The van der Waals surface area contributed by atoms with Crippen molar-refractivity contribution >= 4 is 33.2 Å². The van der Waals surface area contributed by atoms with Gasteiger partial charge >= 0.3 is 0 Å². The van der Waals surface area contributed by atoms with Gasteiger partial charge in [0.1, 0.15) is 0 Å². The lowest BCUT2D eigenvalue weighted by Crippen LogP contribution is -2.51. The number of thiophene rings is 1. The molecule has 1 aromatic heterocycles. The van der Waals surface area contributed by atoms with E-state index in [2.05, 4.69) is 39.6 Å². The smallest absolute Gasteiger partial charge is 0.240 e. The van der Waals surface area contributed by atoms with Crippen LogP contribution in [-0.4, -0.2) is 30.4 Å². The molecule has 1 fully saturated rings. The minimum absolute atomic E-state index is 0.00727. The van der Waals surface area contributed by atoms with Gasteiger partial charge in [-0.1, -0.05) is 6.92 Å². The first-order valence-electron chi connectivity index (χ1n) is 6.29. The average molecular weight is 331 g/mol. The van der Waals surface area contributed by atoms with Gasteiger partial charge in [-0.3, -0.25) is 4.79 Å². The molecule has 0 spiro atoms. The van der Waals surface area contributed by atoms with E-state index in [-0.39, 0.29) is 11.9 Å². The maximum Gasteiger partial charge on any atom is 0.240 e. The van der Waals surface area contributed by atoms with Gasteiger partial charge in [0, 0.05) is 21.8 Å². The highest BCUT2D eigenvalue weighted by molar-refractivity contribution is 9.10. The Balaban J connectivity index is 1.95. The summed E-state index contributed by atoms with van der Waals surface area (Å²) in [6, 6.07) is 2.07. The molecular formula is C13H19BrN2OS. The zero-order valence-electron chi connectivity index (χ0n) is 10.8. The maximum absolute atomic E-state index is 12.4. The third-order valence-electron chi connectivity index (χ3n) is 3.43.